The van der Waals surface area contributed by atoms with Crippen LogP contribution in [-0.4, -0.2) is 36.7 Å². The number of carbonyl (C=O) groups is 2. The van der Waals surface area contributed by atoms with Crippen molar-refractivity contribution in [3.63, 3.8) is 0 Å². The number of rotatable bonds is 7. The Morgan fingerprint density at radius 2 is 1.79 bits per heavy atom. The van der Waals surface area contributed by atoms with Crippen LogP contribution in [0.4, 0.5) is 16.3 Å². The largest absolute Gasteiger partial charge is 0.466 e. The van der Waals surface area contributed by atoms with E-state index >= 15 is 0 Å². The van der Waals surface area contributed by atoms with Crippen LogP contribution in [0, 0.1) is 6.92 Å². The van der Waals surface area contributed by atoms with Gasteiger partial charge < -0.3 is 15.0 Å². The zero-order chi connectivity index (χ0) is 23.9. The first-order valence-electron chi connectivity index (χ1n) is 11.6. The summed E-state index contributed by atoms with van der Waals surface area (Å²) in [6.07, 6.45) is 1.81. The molecule has 176 valence electrons. The van der Waals surface area contributed by atoms with E-state index in [2.05, 4.69) is 46.4 Å². The molecule has 1 aliphatic rings. The van der Waals surface area contributed by atoms with E-state index < -0.39 is 6.04 Å². The molecule has 4 rings (SSSR count). The van der Waals surface area contributed by atoms with Crippen molar-refractivity contribution in [3.05, 3.63) is 89.6 Å². The van der Waals surface area contributed by atoms with Crippen LogP contribution in [0.25, 0.3) is 0 Å². The van der Waals surface area contributed by atoms with Crippen LogP contribution >= 0.6 is 0 Å². The van der Waals surface area contributed by atoms with Gasteiger partial charge in [0.15, 0.2) is 5.82 Å². The molecule has 3 aromatic rings. The first-order chi connectivity index (χ1) is 16.5. The maximum absolute atomic E-state index is 13.4. The van der Waals surface area contributed by atoms with E-state index in [9.17, 15) is 9.59 Å². The Bertz CT molecular complexity index is 1120. The molecular weight excluding hydrogens is 428 g/mol. The molecular formula is C27H30N4O3. The Morgan fingerprint density at radius 1 is 1.03 bits per heavy atom. The molecule has 2 aromatic carbocycles. The van der Waals surface area contributed by atoms with E-state index in [0.717, 1.165) is 23.6 Å². The van der Waals surface area contributed by atoms with Crippen molar-refractivity contribution in [2.45, 2.75) is 32.9 Å². The van der Waals surface area contributed by atoms with Crippen molar-refractivity contribution in [1.29, 1.82) is 0 Å². The summed E-state index contributed by atoms with van der Waals surface area (Å²) < 4.78 is 5.13. The number of anilines is 2. The molecule has 0 saturated carbocycles. The standard InChI is InChI=1S/C27H30N4O3/c1-3-34-25(32)18-23(22-8-5-4-6-9-22)29-27(33)31-17-16-30(26-24(31)10-7-15-28-26)19-21-13-11-20(2)12-14-21/h4-15,23H,3,16-19H2,1-2H3,(H,29,33)/t23-/m0/s1. The van der Waals surface area contributed by atoms with Crippen molar-refractivity contribution in [3.8, 4) is 0 Å². The molecule has 34 heavy (non-hydrogen) atoms. The minimum atomic E-state index is -0.488. The number of ether oxygens (including phenoxy) is 1. The van der Waals surface area contributed by atoms with Crippen LogP contribution in [0.3, 0.4) is 0 Å². The highest BCUT2D eigenvalue weighted by Gasteiger charge is 2.30. The van der Waals surface area contributed by atoms with Crippen LogP contribution in [0.2, 0.25) is 0 Å². The molecule has 7 heteroatoms. The fraction of sp³-hybridized carbons (Fsp3) is 0.296. The van der Waals surface area contributed by atoms with Gasteiger partial charge in [-0.05, 0) is 37.1 Å². The molecule has 0 radical (unpaired) electrons. The molecule has 1 atom stereocenters. The second-order valence-corrected chi connectivity index (χ2v) is 8.33. The van der Waals surface area contributed by atoms with Crippen molar-refractivity contribution in [2.24, 2.45) is 0 Å². The molecule has 0 spiro atoms. The zero-order valence-corrected chi connectivity index (χ0v) is 19.6. The van der Waals surface area contributed by atoms with Crippen molar-refractivity contribution in [2.75, 3.05) is 29.5 Å². The number of nitrogens with zero attached hydrogens (tertiary/aromatic N) is 3. The average molecular weight is 459 g/mol. The fourth-order valence-corrected chi connectivity index (χ4v) is 4.12. The predicted molar refractivity (Wildman–Crippen MR) is 133 cm³/mol. The summed E-state index contributed by atoms with van der Waals surface area (Å²) in [5, 5.41) is 3.04. The minimum Gasteiger partial charge on any atom is -0.466 e. The number of aryl methyl sites for hydroxylation is 1. The van der Waals surface area contributed by atoms with Crippen LogP contribution in [0.15, 0.2) is 72.9 Å². The second kappa shape index (κ2) is 10.8. The van der Waals surface area contributed by atoms with Crippen LogP contribution < -0.4 is 15.1 Å². The van der Waals surface area contributed by atoms with E-state index in [1.54, 1.807) is 18.0 Å². The summed E-state index contributed by atoms with van der Waals surface area (Å²) in [5.41, 5.74) is 4.02. The predicted octanol–water partition coefficient (Wildman–Crippen LogP) is 4.62. The number of hydrogen-bond donors (Lipinski definition) is 1. The molecule has 2 heterocycles. The lowest BCUT2D eigenvalue weighted by atomic mass is 10.0. The Kier molecular flexibility index (Phi) is 7.42. The smallest absolute Gasteiger partial charge is 0.322 e. The molecule has 0 aliphatic carbocycles. The van der Waals surface area contributed by atoms with Crippen LogP contribution in [0.1, 0.15) is 36.1 Å². The number of aromatic nitrogens is 1. The van der Waals surface area contributed by atoms with Crippen molar-refractivity contribution >= 4 is 23.5 Å². The monoisotopic (exact) mass is 458 g/mol. The topological polar surface area (TPSA) is 74.8 Å². The quantitative estimate of drug-likeness (QED) is 0.523. The summed E-state index contributed by atoms with van der Waals surface area (Å²) in [5.74, 6) is 0.424. The summed E-state index contributed by atoms with van der Waals surface area (Å²) in [6, 6.07) is 20.9. The van der Waals surface area contributed by atoms with Gasteiger partial charge in [-0.25, -0.2) is 9.78 Å². The van der Waals surface area contributed by atoms with Gasteiger partial charge in [0.2, 0.25) is 0 Å². The van der Waals surface area contributed by atoms with E-state index in [1.807, 2.05) is 42.5 Å². The summed E-state index contributed by atoms with van der Waals surface area (Å²) in [4.78, 5) is 34.1. The summed E-state index contributed by atoms with van der Waals surface area (Å²) in [7, 11) is 0. The third-order valence-electron chi connectivity index (χ3n) is 5.86. The molecule has 2 amide bonds. The lowest BCUT2D eigenvalue weighted by Gasteiger charge is -2.37. The number of esters is 1. The van der Waals surface area contributed by atoms with E-state index in [4.69, 9.17) is 4.74 Å². The van der Waals surface area contributed by atoms with Crippen molar-refractivity contribution < 1.29 is 14.3 Å². The molecule has 1 N–H and O–H groups in total. The Hall–Kier alpha value is -3.87. The molecule has 0 unspecified atom stereocenters. The van der Waals surface area contributed by atoms with E-state index in [1.165, 1.54) is 11.1 Å². The lowest BCUT2D eigenvalue weighted by Crippen LogP contribution is -2.49. The van der Waals surface area contributed by atoms with E-state index in [-0.39, 0.29) is 18.4 Å². The normalized spacial score (nSPS) is 13.7. The van der Waals surface area contributed by atoms with Gasteiger partial charge in [0.05, 0.1) is 24.8 Å². The molecule has 0 saturated heterocycles. The van der Waals surface area contributed by atoms with Gasteiger partial charge in [-0.15, -0.1) is 0 Å². The number of benzene rings is 2. The molecule has 0 fully saturated rings. The maximum Gasteiger partial charge on any atom is 0.322 e. The number of amides is 2. The number of fused-ring (bicyclic) bond motifs is 1. The van der Waals surface area contributed by atoms with Gasteiger partial charge in [0, 0.05) is 25.8 Å². The van der Waals surface area contributed by atoms with Crippen LogP contribution in [0.5, 0.6) is 0 Å². The van der Waals surface area contributed by atoms with Gasteiger partial charge in [-0.1, -0.05) is 60.2 Å². The highest BCUT2D eigenvalue weighted by Crippen LogP contribution is 2.32. The molecule has 0 bridgehead atoms. The third kappa shape index (κ3) is 5.54. The SMILES string of the molecule is CCOC(=O)C[C@H](NC(=O)N1CCN(Cc2ccc(C)cc2)c2ncccc21)c1ccccc1. The Labute approximate surface area is 200 Å². The van der Waals surface area contributed by atoms with Crippen molar-refractivity contribution in [1.82, 2.24) is 10.3 Å². The van der Waals surface area contributed by atoms with Gasteiger partial charge in [-0.3, -0.25) is 9.69 Å². The number of urea groups is 1. The third-order valence-corrected chi connectivity index (χ3v) is 5.86. The maximum atomic E-state index is 13.4. The van der Waals surface area contributed by atoms with E-state index in [0.29, 0.717) is 19.7 Å². The van der Waals surface area contributed by atoms with Gasteiger partial charge in [-0.2, -0.15) is 0 Å². The Balaban J connectivity index is 1.53. The second-order valence-electron chi connectivity index (χ2n) is 8.33. The number of pyridine rings is 1. The van der Waals surface area contributed by atoms with Crippen LogP contribution in [-0.2, 0) is 16.1 Å². The zero-order valence-electron chi connectivity index (χ0n) is 19.6. The Morgan fingerprint density at radius 3 is 2.53 bits per heavy atom. The van der Waals surface area contributed by atoms with Gasteiger partial charge in [0.1, 0.15) is 0 Å². The summed E-state index contributed by atoms with van der Waals surface area (Å²) in [6.45, 7) is 6.03. The molecule has 1 aliphatic heterocycles. The minimum absolute atomic E-state index is 0.0663. The molecule has 7 nitrogen and oxygen atoms in total. The molecule has 1 aromatic heterocycles. The fourth-order valence-electron chi connectivity index (χ4n) is 4.12. The first kappa shape index (κ1) is 23.3. The number of carbonyl (C=O) groups excluding carboxylic acids is 2. The number of nitrogens with one attached hydrogen (secondary N) is 1. The average Bonchev–Trinajstić information content (AvgIpc) is 2.86. The highest BCUT2D eigenvalue weighted by atomic mass is 16.5. The van der Waals surface area contributed by atoms with Gasteiger partial charge in [0.25, 0.3) is 0 Å². The first-order valence-corrected chi connectivity index (χ1v) is 11.6. The van der Waals surface area contributed by atoms with Gasteiger partial charge >= 0.3 is 12.0 Å². The lowest BCUT2D eigenvalue weighted by molar-refractivity contribution is -0.143. The summed E-state index contributed by atoms with van der Waals surface area (Å²) >= 11 is 0. The number of hydrogen-bond acceptors (Lipinski definition) is 5. The highest BCUT2D eigenvalue weighted by molar-refractivity contribution is 5.96.